The molecule has 0 bridgehead atoms. The van der Waals surface area contributed by atoms with Gasteiger partial charge in [-0.1, -0.05) is 23.7 Å². The van der Waals surface area contributed by atoms with Crippen molar-refractivity contribution in [2.75, 3.05) is 17.9 Å². The van der Waals surface area contributed by atoms with Crippen molar-refractivity contribution in [1.82, 2.24) is 5.32 Å². The number of carbonyl (C=O) groups excluding carboxylic acids is 1. The van der Waals surface area contributed by atoms with Gasteiger partial charge in [0.2, 0.25) is 0 Å². The number of hydrogen-bond donors (Lipinski definition) is 2. The molecule has 1 atom stereocenters. The summed E-state index contributed by atoms with van der Waals surface area (Å²) >= 11 is 6.11. The lowest BCUT2D eigenvalue weighted by Crippen LogP contribution is -2.32. The van der Waals surface area contributed by atoms with E-state index in [-0.39, 0.29) is 21.6 Å². The van der Waals surface area contributed by atoms with E-state index < -0.39 is 15.9 Å². The third-order valence-electron chi connectivity index (χ3n) is 4.28. The van der Waals surface area contributed by atoms with Gasteiger partial charge in [-0.2, -0.15) is 0 Å². The van der Waals surface area contributed by atoms with Gasteiger partial charge in [0.15, 0.2) is 0 Å². The maximum atomic E-state index is 12.7. The van der Waals surface area contributed by atoms with Crippen LogP contribution in [0.25, 0.3) is 0 Å². The molecule has 0 unspecified atom stereocenters. The van der Waals surface area contributed by atoms with Gasteiger partial charge < -0.3 is 10.1 Å². The fraction of sp³-hybridized carbons (Fsp3) is 0.316. The van der Waals surface area contributed by atoms with Crippen molar-refractivity contribution in [2.24, 2.45) is 0 Å². The third-order valence-corrected chi connectivity index (χ3v) is 5.99. The Kier molecular flexibility index (Phi) is 6.04. The van der Waals surface area contributed by atoms with Crippen molar-refractivity contribution in [1.29, 1.82) is 0 Å². The minimum atomic E-state index is -3.85. The number of hydrogen-bond acceptors (Lipinski definition) is 4. The van der Waals surface area contributed by atoms with E-state index in [1.54, 1.807) is 18.2 Å². The van der Waals surface area contributed by atoms with E-state index in [1.165, 1.54) is 18.2 Å². The average molecular weight is 409 g/mol. The van der Waals surface area contributed by atoms with Crippen LogP contribution in [0.2, 0.25) is 5.02 Å². The molecule has 0 radical (unpaired) electrons. The molecule has 2 aromatic rings. The van der Waals surface area contributed by atoms with Gasteiger partial charge >= 0.3 is 0 Å². The zero-order valence-corrected chi connectivity index (χ0v) is 16.4. The molecule has 2 N–H and O–H groups in total. The second kappa shape index (κ2) is 8.29. The van der Waals surface area contributed by atoms with Crippen LogP contribution >= 0.6 is 11.6 Å². The van der Waals surface area contributed by atoms with Crippen LogP contribution < -0.4 is 10.0 Å². The number of carbonyl (C=O) groups is 1. The molecule has 8 heteroatoms. The predicted octanol–water partition coefficient (Wildman–Crippen LogP) is 3.36. The highest BCUT2D eigenvalue weighted by Gasteiger charge is 2.21. The summed E-state index contributed by atoms with van der Waals surface area (Å²) in [6.07, 6.45) is 1.85. The van der Waals surface area contributed by atoms with Crippen LogP contribution in [-0.4, -0.2) is 33.6 Å². The predicted molar refractivity (Wildman–Crippen MR) is 105 cm³/mol. The molecule has 2 aromatic carbocycles. The number of nitrogens with one attached hydrogen (secondary N) is 2. The molecule has 27 heavy (non-hydrogen) atoms. The van der Waals surface area contributed by atoms with Crippen molar-refractivity contribution in [3.63, 3.8) is 0 Å². The van der Waals surface area contributed by atoms with Crippen LogP contribution in [0.3, 0.4) is 0 Å². The van der Waals surface area contributed by atoms with Gasteiger partial charge in [-0.3, -0.25) is 9.52 Å². The van der Waals surface area contributed by atoms with Gasteiger partial charge in [-0.15, -0.1) is 0 Å². The molecule has 6 nitrogen and oxygen atoms in total. The summed E-state index contributed by atoms with van der Waals surface area (Å²) in [7, 11) is -3.85. The number of anilines is 1. The molecule has 0 aliphatic carbocycles. The first-order chi connectivity index (χ1) is 12.8. The van der Waals surface area contributed by atoms with E-state index in [2.05, 4.69) is 10.0 Å². The van der Waals surface area contributed by atoms with E-state index in [9.17, 15) is 13.2 Å². The SMILES string of the molecule is Cc1cccc(NS(=O)(=O)c2ccc(Cl)c(C(=O)NC[C@@H]3CCCO3)c2)c1. The third kappa shape index (κ3) is 5.00. The Balaban J connectivity index is 1.77. The standard InChI is InChI=1S/C19H21ClN2O4S/c1-13-4-2-5-14(10-13)22-27(24,25)16-7-8-18(20)17(11-16)19(23)21-12-15-6-3-9-26-15/h2,4-5,7-8,10-11,15,22H,3,6,9,12H2,1H3,(H,21,23)/t15-/m0/s1. The summed E-state index contributed by atoms with van der Waals surface area (Å²) in [4.78, 5) is 12.4. The molecule has 144 valence electrons. The highest BCUT2D eigenvalue weighted by atomic mass is 35.5. The van der Waals surface area contributed by atoms with E-state index >= 15 is 0 Å². The second-order valence-corrected chi connectivity index (χ2v) is 8.55. The van der Waals surface area contributed by atoms with Gasteiger partial charge in [0.1, 0.15) is 0 Å². The summed E-state index contributed by atoms with van der Waals surface area (Å²) in [6.45, 7) is 2.93. The van der Waals surface area contributed by atoms with Crippen molar-refractivity contribution in [2.45, 2.75) is 30.8 Å². The van der Waals surface area contributed by atoms with Gasteiger partial charge in [0, 0.05) is 18.8 Å². The van der Waals surface area contributed by atoms with Crippen LogP contribution in [-0.2, 0) is 14.8 Å². The van der Waals surface area contributed by atoms with Crippen molar-refractivity contribution < 1.29 is 17.9 Å². The first-order valence-corrected chi connectivity index (χ1v) is 10.5. The smallest absolute Gasteiger partial charge is 0.261 e. The monoisotopic (exact) mass is 408 g/mol. The van der Waals surface area contributed by atoms with Gasteiger partial charge in [-0.05, 0) is 55.7 Å². The van der Waals surface area contributed by atoms with E-state index in [4.69, 9.17) is 16.3 Å². The van der Waals surface area contributed by atoms with E-state index in [1.807, 2.05) is 13.0 Å². The quantitative estimate of drug-likeness (QED) is 0.767. The Morgan fingerprint density at radius 2 is 2.07 bits per heavy atom. The van der Waals surface area contributed by atoms with Crippen LogP contribution in [0.15, 0.2) is 47.4 Å². The zero-order valence-electron chi connectivity index (χ0n) is 14.9. The lowest BCUT2D eigenvalue weighted by Gasteiger charge is -2.13. The first-order valence-electron chi connectivity index (χ1n) is 8.64. The Morgan fingerprint density at radius 3 is 2.78 bits per heavy atom. The number of benzene rings is 2. The molecular weight excluding hydrogens is 388 g/mol. The number of rotatable bonds is 6. The first kappa shape index (κ1) is 19.7. The minimum Gasteiger partial charge on any atom is -0.376 e. The number of ether oxygens (including phenoxy) is 1. The summed E-state index contributed by atoms with van der Waals surface area (Å²) in [5, 5.41) is 2.94. The molecule has 0 spiro atoms. The Labute approximate surface area is 163 Å². The van der Waals surface area contributed by atoms with Gasteiger partial charge in [0.05, 0.1) is 21.6 Å². The Hall–Kier alpha value is -2.09. The fourth-order valence-corrected chi connectivity index (χ4v) is 4.15. The van der Waals surface area contributed by atoms with E-state index in [0.717, 1.165) is 18.4 Å². The van der Waals surface area contributed by atoms with Crippen molar-refractivity contribution in [3.05, 3.63) is 58.6 Å². The summed E-state index contributed by atoms with van der Waals surface area (Å²) < 4.78 is 33.3. The average Bonchev–Trinajstić information content (AvgIpc) is 3.13. The molecule has 1 saturated heterocycles. The molecule has 1 amide bonds. The Bertz CT molecular complexity index is 940. The lowest BCUT2D eigenvalue weighted by atomic mass is 10.2. The summed E-state index contributed by atoms with van der Waals surface area (Å²) in [5.41, 5.74) is 1.50. The van der Waals surface area contributed by atoms with Crippen LogP contribution in [0.1, 0.15) is 28.8 Å². The van der Waals surface area contributed by atoms with E-state index in [0.29, 0.717) is 18.8 Å². The lowest BCUT2D eigenvalue weighted by molar-refractivity contribution is 0.0857. The molecule has 3 rings (SSSR count). The molecule has 0 saturated carbocycles. The minimum absolute atomic E-state index is 0.0115. The molecule has 1 fully saturated rings. The maximum Gasteiger partial charge on any atom is 0.261 e. The highest BCUT2D eigenvalue weighted by molar-refractivity contribution is 7.92. The van der Waals surface area contributed by atoms with Crippen LogP contribution in [0.4, 0.5) is 5.69 Å². The molecule has 1 heterocycles. The summed E-state index contributed by atoms with van der Waals surface area (Å²) in [5.74, 6) is -0.428. The number of halogens is 1. The second-order valence-electron chi connectivity index (χ2n) is 6.46. The molecule has 1 aliphatic heterocycles. The molecule has 0 aromatic heterocycles. The van der Waals surface area contributed by atoms with Gasteiger partial charge in [0.25, 0.3) is 15.9 Å². The highest BCUT2D eigenvalue weighted by Crippen LogP contribution is 2.23. The maximum absolute atomic E-state index is 12.7. The Morgan fingerprint density at radius 1 is 1.26 bits per heavy atom. The molecule has 1 aliphatic rings. The van der Waals surface area contributed by atoms with Crippen LogP contribution in [0.5, 0.6) is 0 Å². The number of aryl methyl sites for hydroxylation is 1. The molecular formula is C19H21ClN2O4S. The van der Waals surface area contributed by atoms with Crippen LogP contribution in [0, 0.1) is 6.92 Å². The topological polar surface area (TPSA) is 84.5 Å². The largest absolute Gasteiger partial charge is 0.376 e. The normalized spacial score (nSPS) is 16.9. The zero-order chi connectivity index (χ0) is 19.4. The number of amides is 1. The summed E-state index contributed by atoms with van der Waals surface area (Å²) in [6, 6.07) is 11.1. The van der Waals surface area contributed by atoms with Gasteiger partial charge in [-0.25, -0.2) is 8.42 Å². The van der Waals surface area contributed by atoms with Crippen molar-refractivity contribution in [3.8, 4) is 0 Å². The van der Waals surface area contributed by atoms with Crippen molar-refractivity contribution >= 4 is 33.2 Å². The number of sulfonamides is 1. The fourth-order valence-electron chi connectivity index (χ4n) is 2.88.